The first-order valence-corrected chi connectivity index (χ1v) is 8.07. The first kappa shape index (κ1) is 14.4. The number of carbonyl (C=O) groups is 1. The third-order valence-electron chi connectivity index (χ3n) is 3.86. The van der Waals surface area contributed by atoms with Crippen LogP contribution in [0, 0.1) is 6.92 Å². The molecule has 1 heterocycles. The van der Waals surface area contributed by atoms with Crippen molar-refractivity contribution in [1.82, 2.24) is 4.90 Å². The number of amides is 1. The minimum atomic E-state index is 0.283. The number of nitrogens with zero attached hydrogens (tertiary/aromatic N) is 1. The summed E-state index contributed by atoms with van der Waals surface area (Å²) < 4.78 is 0. The number of thioether (sulfide) groups is 1. The van der Waals surface area contributed by atoms with Crippen molar-refractivity contribution in [3.8, 4) is 0 Å². The van der Waals surface area contributed by atoms with Crippen LogP contribution in [-0.2, 0) is 4.79 Å². The van der Waals surface area contributed by atoms with Crippen molar-refractivity contribution in [2.24, 2.45) is 0 Å². The van der Waals surface area contributed by atoms with Crippen LogP contribution in [0.5, 0.6) is 0 Å². The minimum Gasteiger partial charge on any atom is -0.337 e. The van der Waals surface area contributed by atoms with Crippen LogP contribution >= 0.6 is 11.8 Å². The molecule has 0 aliphatic carbocycles. The molecule has 1 aromatic rings. The summed E-state index contributed by atoms with van der Waals surface area (Å²) in [7, 11) is 0. The molecule has 0 saturated carbocycles. The number of hydrogen-bond donors (Lipinski definition) is 0. The molecule has 1 amide bonds. The fraction of sp³-hybridized carbons (Fsp3) is 0.562. The van der Waals surface area contributed by atoms with Gasteiger partial charge in [-0.25, -0.2) is 0 Å². The Morgan fingerprint density at radius 3 is 2.37 bits per heavy atom. The van der Waals surface area contributed by atoms with Crippen LogP contribution in [-0.4, -0.2) is 28.6 Å². The molecule has 2 atom stereocenters. The Morgan fingerprint density at radius 1 is 1.21 bits per heavy atom. The number of benzene rings is 1. The van der Waals surface area contributed by atoms with Gasteiger partial charge in [0, 0.05) is 17.0 Å². The lowest BCUT2D eigenvalue weighted by Crippen LogP contribution is -2.48. The lowest BCUT2D eigenvalue weighted by Gasteiger charge is -2.39. The van der Waals surface area contributed by atoms with Gasteiger partial charge >= 0.3 is 0 Å². The van der Waals surface area contributed by atoms with E-state index in [2.05, 4.69) is 49.9 Å². The molecule has 1 aromatic carbocycles. The summed E-state index contributed by atoms with van der Waals surface area (Å²) in [5, 5.41) is 0. The Hall–Kier alpha value is -0.960. The van der Waals surface area contributed by atoms with Crippen molar-refractivity contribution < 1.29 is 4.79 Å². The van der Waals surface area contributed by atoms with Crippen LogP contribution in [0.3, 0.4) is 0 Å². The van der Waals surface area contributed by atoms with Crippen molar-refractivity contribution in [3.05, 3.63) is 29.8 Å². The molecule has 2 nitrogen and oxygen atoms in total. The molecule has 104 valence electrons. The molecule has 1 fully saturated rings. The maximum absolute atomic E-state index is 12.4. The molecule has 0 unspecified atom stereocenters. The maximum atomic E-state index is 12.4. The summed E-state index contributed by atoms with van der Waals surface area (Å²) in [4.78, 5) is 15.6. The number of rotatable bonds is 3. The zero-order valence-corrected chi connectivity index (χ0v) is 12.9. The third kappa shape index (κ3) is 3.75. The zero-order valence-electron chi connectivity index (χ0n) is 12.1. The first-order chi connectivity index (χ1) is 9.08. The van der Waals surface area contributed by atoms with Gasteiger partial charge in [0.25, 0.3) is 0 Å². The second-order valence-electron chi connectivity index (χ2n) is 5.53. The number of likely N-dealkylation sites (tertiary alicyclic amines) is 1. The summed E-state index contributed by atoms with van der Waals surface area (Å²) in [5.74, 6) is 0.836. The zero-order chi connectivity index (χ0) is 13.8. The van der Waals surface area contributed by atoms with Crippen LogP contribution < -0.4 is 0 Å². The van der Waals surface area contributed by atoms with E-state index in [1.54, 1.807) is 11.8 Å². The minimum absolute atomic E-state index is 0.283. The summed E-state index contributed by atoms with van der Waals surface area (Å²) in [5.41, 5.74) is 1.26. The molecule has 19 heavy (non-hydrogen) atoms. The monoisotopic (exact) mass is 277 g/mol. The molecule has 0 N–H and O–H groups in total. The van der Waals surface area contributed by atoms with Crippen LogP contribution in [0.15, 0.2) is 29.2 Å². The van der Waals surface area contributed by atoms with E-state index in [0.717, 1.165) is 12.8 Å². The summed E-state index contributed by atoms with van der Waals surface area (Å²) in [6, 6.07) is 9.18. The van der Waals surface area contributed by atoms with Crippen LogP contribution in [0.1, 0.15) is 38.7 Å². The topological polar surface area (TPSA) is 20.3 Å². The van der Waals surface area contributed by atoms with E-state index in [1.165, 1.54) is 16.9 Å². The highest BCUT2D eigenvalue weighted by molar-refractivity contribution is 8.00. The average Bonchev–Trinajstić information content (AvgIpc) is 2.38. The predicted molar refractivity (Wildman–Crippen MR) is 81.5 cm³/mol. The van der Waals surface area contributed by atoms with Crippen molar-refractivity contribution in [1.29, 1.82) is 0 Å². The molecule has 1 aliphatic rings. The maximum Gasteiger partial charge on any atom is 0.233 e. The fourth-order valence-corrected chi connectivity index (χ4v) is 3.53. The average molecular weight is 277 g/mol. The molecule has 2 rings (SSSR count). The van der Waals surface area contributed by atoms with Crippen LogP contribution in [0.2, 0.25) is 0 Å². The second kappa shape index (κ2) is 6.47. The van der Waals surface area contributed by atoms with Gasteiger partial charge < -0.3 is 4.90 Å². The van der Waals surface area contributed by atoms with Gasteiger partial charge in [0.15, 0.2) is 0 Å². The molecule has 1 saturated heterocycles. The van der Waals surface area contributed by atoms with Gasteiger partial charge in [-0.3, -0.25) is 4.79 Å². The van der Waals surface area contributed by atoms with Gasteiger partial charge in [0.2, 0.25) is 5.91 Å². The van der Waals surface area contributed by atoms with E-state index >= 15 is 0 Å². The Labute approximate surface area is 120 Å². The molecule has 0 radical (unpaired) electrons. The molecular weight excluding hydrogens is 254 g/mol. The number of aryl methyl sites for hydroxylation is 1. The van der Waals surface area contributed by atoms with Gasteiger partial charge in [0.05, 0.1) is 5.75 Å². The first-order valence-electron chi connectivity index (χ1n) is 7.08. The highest BCUT2D eigenvalue weighted by Gasteiger charge is 2.28. The quantitative estimate of drug-likeness (QED) is 0.782. The molecular formula is C16H23NOS. The molecule has 3 heteroatoms. The normalized spacial score (nSPS) is 23.4. The van der Waals surface area contributed by atoms with Crippen molar-refractivity contribution in [2.75, 3.05) is 5.75 Å². The SMILES string of the molecule is Cc1ccc(SCC(=O)N2[C@@H](C)CCC[C@@H]2C)cc1. The summed E-state index contributed by atoms with van der Waals surface area (Å²) in [6.07, 6.45) is 3.54. The predicted octanol–water partition coefficient (Wildman–Crippen LogP) is 3.88. The lowest BCUT2D eigenvalue weighted by atomic mass is 9.98. The highest BCUT2D eigenvalue weighted by atomic mass is 32.2. The van der Waals surface area contributed by atoms with Crippen LogP contribution in [0.25, 0.3) is 0 Å². The van der Waals surface area contributed by atoms with Gasteiger partial charge in [-0.1, -0.05) is 17.7 Å². The van der Waals surface area contributed by atoms with Crippen molar-refractivity contribution >= 4 is 17.7 Å². The molecule has 0 bridgehead atoms. The Bertz CT molecular complexity index is 419. The van der Waals surface area contributed by atoms with Gasteiger partial charge in [-0.05, 0) is 52.2 Å². The Kier molecular flexibility index (Phi) is 4.92. The highest BCUT2D eigenvalue weighted by Crippen LogP contribution is 2.25. The standard InChI is InChI=1S/C16H23NOS/c1-12-7-9-15(10-8-12)19-11-16(18)17-13(2)5-4-6-14(17)3/h7-10,13-14H,4-6,11H2,1-3H3/t13-,14-/m0/s1. The van der Waals surface area contributed by atoms with E-state index < -0.39 is 0 Å². The molecule has 0 spiro atoms. The summed E-state index contributed by atoms with van der Waals surface area (Å²) >= 11 is 1.64. The van der Waals surface area contributed by atoms with Crippen LogP contribution in [0.4, 0.5) is 0 Å². The van der Waals surface area contributed by atoms with Gasteiger partial charge in [-0.15, -0.1) is 11.8 Å². The number of carbonyl (C=O) groups excluding carboxylic acids is 1. The largest absolute Gasteiger partial charge is 0.337 e. The number of piperidine rings is 1. The Balaban J connectivity index is 1.91. The Morgan fingerprint density at radius 2 is 1.79 bits per heavy atom. The van der Waals surface area contributed by atoms with E-state index in [4.69, 9.17) is 0 Å². The van der Waals surface area contributed by atoms with Gasteiger partial charge in [0.1, 0.15) is 0 Å². The van der Waals surface area contributed by atoms with E-state index in [-0.39, 0.29) is 5.91 Å². The second-order valence-corrected chi connectivity index (χ2v) is 6.58. The van der Waals surface area contributed by atoms with Gasteiger partial charge in [-0.2, -0.15) is 0 Å². The smallest absolute Gasteiger partial charge is 0.233 e. The van der Waals surface area contributed by atoms with E-state index in [1.807, 2.05) is 0 Å². The van der Waals surface area contributed by atoms with Crippen molar-refractivity contribution in [2.45, 2.75) is 57.0 Å². The van der Waals surface area contributed by atoms with E-state index in [0.29, 0.717) is 17.8 Å². The van der Waals surface area contributed by atoms with Crippen molar-refractivity contribution in [3.63, 3.8) is 0 Å². The lowest BCUT2D eigenvalue weighted by molar-refractivity contribution is -0.134. The van der Waals surface area contributed by atoms with E-state index in [9.17, 15) is 4.79 Å². The summed E-state index contributed by atoms with van der Waals surface area (Å²) in [6.45, 7) is 6.42. The number of hydrogen-bond acceptors (Lipinski definition) is 2. The molecule has 0 aromatic heterocycles. The third-order valence-corrected chi connectivity index (χ3v) is 4.86. The fourth-order valence-electron chi connectivity index (χ4n) is 2.77. The molecule has 1 aliphatic heterocycles.